The van der Waals surface area contributed by atoms with E-state index >= 15 is 0 Å². The van der Waals surface area contributed by atoms with Gasteiger partial charge in [-0.2, -0.15) is 0 Å². The Kier molecular flexibility index (Phi) is 5.24. The Morgan fingerprint density at radius 3 is 2.33 bits per heavy atom. The summed E-state index contributed by atoms with van der Waals surface area (Å²) in [5, 5.41) is 3.58. The first kappa shape index (κ1) is 15.8. The molecule has 1 aromatic heterocycles. The van der Waals surface area contributed by atoms with E-state index in [0.29, 0.717) is 12.0 Å². The quantitative estimate of drug-likeness (QED) is 0.828. The first-order valence-corrected chi connectivity index (χ1v) is 7.95. The van der Waals surface area contributed by atoms with Crippen LogP contribution in [0.25, 0.3) is 0 Å². The molecule has 1 aromatic carbocycles. The molecule has 0 bridgehead atoms. The van der Waals surface area contributed by atoms with Crippen molar-refractivity contribution in [3.8, 4) is 0 Å². The molecule has 2 nitrogen and oxygen atoms in total. The lowest BCUT2D eigenvalue weighted by molar-refractivity contribution is 0.421. The van der Waals surface area contributed by atoms with E-state index in [-0.39, 0.29) is 0 Å². The third-order valence-corrected chi connectivity index (χ3v) is 3.87. The van der Waals surface area contributed by atoms with E-state index in [2.05, 4.69) is 81.2 Å². The van der Waals surface area contributed by atoms with E-state index in [1.54, 1.807) is 0 Å². The molecule has 2 heteroatoms. The molecule has 114 valence electrons. The van der Waals surface area contributed by atoms with Gasteiger partial charge < -0.3 is 9.88 Å². The van der Waals surface area contributed by atoms with Gasteiger partial charge in [0.2, 0.25) is 0 Å². The van der Waals surface area contributed by atoms with Gasteiger partial charge in [0.1, 0.15) is 0 Å². The van der Waals surface area contributed by atoms with Crippen molar-refractivity contribution in [3.63, 3.8) is 0 Å². The standard InChI is InChI=1S/C19H28N2/c1-6-20-19(14(2)3)18-7-8-21(13-18)12-17-10-15(4)9-16(5)11-17/h7-11,13-14,19-20H,6,12H2,1-5H3. The summed E-state index contributed by atoms with van der Waals surface area (Å²) in [5.41, 5.74) is 5.44. The molecule has 21 heavy (non-hydrogen) atoms. The van der Waals surface area contributed by atoms with Gasteiger partial charge in [0.15, 0.2) is 0 Å². The van der Waals surface area contributed by atoms with Gasteiger partial charge in [0.05, 0.1) is 0 Å². The highest BCUT2D eigenvalue weighted by Gasteiger charge is 2.15. The minimum atomic E-state index is 0.440. The molecule has 0 saturated carbocycles. The van der Waals surface area contributed by atoms with Gasteiger partial charge in [0, 0.05) is 25.0 Å². The Labute approximate surface area is 129 Å². The first-order chi connectivity index (χ1) is 9.99. The lowest BCUT2D eigenvalue weighted by Gasteiger charge is -2.20. The summed E-state index contributed by atoms with van der Waals surface area (Å²) in [4.78, 5) is 0. The zero-order chi connectivity index (χ0) is 15.4. The third kappa shape index (κ3) is 4.21. The number of aromatic nitrogens is 1. The van der Waals surface area contributed by atoms with Crippen LogP contribution in [0.5, 0.6) is 0 Å². The van der Waals surface area contributed by atoms with Crippen LogP contribution in [-0.4, -0.2) is 11.1 Å². The molecule has 0 radical (unpaired) electrons. The van der Waals surface area contributed by atoms with Crippen LogP contribution in [0, 0.1) is 19.8 Å². The number of nitrogens with zero attached hydrogens (tertiary/aromatic N) is 1. The van der Waals surface area contributed by atoms with Gasteiger partial charge >= 0.3 is 0 Å². The van der Waals surface area contributed by atoms with Crippen molar-refractivity contribution < 1.29 is 0 Å². The predicted octanol–water partition coefficient (Wildman–Crippen LogP) is 4.46. The van der Waals surface area contributed by atoms with E-state index in [1.165, 1.54) is 22.3 Å². The zero-order valence-corrected chi connectivity index (χ0v) is 14.0. The smallest absolute Gasteiger partial charge is 0.0470 e. The molecular weight excluding hydrogens is 256 g/mol. The monoisotopic (exact) mass is 284 g/mol. The molecule has 2 aromatic rings. The van der Waals surface area contributed by atoms with Crippen LogP contribution in [-0.2, 0) is 6.54 Å². The molecular formula is C19H28N2. The fourth-order valence-corrected chi connectivity index (χ4v) is 3.07. The molecule has 1 atom stereocenters. The SMILES string of the molecule is CCNC(c1ccn(Cc2cc(C)cc(C)c2)c1)C(C)C. The van der Waals surface area contributed by atoms with Gasteiger partial charge in [-0.25, -0.2) is 0 Å². The Bertz CT molecular complexity index is 561. The Morgan fingerprint density at radius 1 is 1.10 bits per heavy atom. The van der Waals surface area contributed by atoms with E-state index in [0.717, 1.165) is 13.1 Å². The summed E-state index contributed by atoms with van der Waals surface area (Å²) in [6.45, 7) is 13.0. The van der Waals surface area contributed by atoms with E-state index < -0.39 is 0 Å². The minimum Gasteiger partial charge on any atom is -0.350 e. The van der Waals surface area contributed by atoms with Crippen LogP contribution < -0.4 is 5.32 Å². The van der Waals surface area contributed by atoms with Crippen LogP contribution in [0.15, 0.2) is 36.7 Å². The van der Waals surface area contributed by atoms with Crippen LogP contribution in [0.2, 0.25) is 0 Å². The molecule has 2 rings (SSSR count). The van der Waals surface area contributed by atoms with Crippen molar-refractivity contribution in [1.82, 2.24) is 9.88 Å². The summed E-state index contributed by atoms with van der Waals surface area (Å²) in [6.07, 6.45) is 4.48. The third-order valence-electron chi connectivity index (χ3n) is 3.87. The molecule has 0 spiro atoms. The zero-order valence-electron chi connectivity index (χ0n) is 14.0. The largest absolute Gasteiger partial charge is 0.350 e. The van der Waals surface area contributed by atoms with Crippen molar-refractivity contribution in [2.45, 2.75) is 47.2 Å². The molecule has 1 unspecified atom stereocenters. The van der Waals surface area contributed by atoms with Gasteiger partial charge in [-0.05, 0) is 43.5 Å². The topological polar surface area (TPSA) is 17.0 Å². The Hall–Kier alpha value is -1.54. The maximum Gasteiger partial charge on any atom is 0.0470 e. The molecule has 0 aliphatic carbocycles. The number of hydrogen-bond donors (Lipinski definition) is 1. The van der Waals surface area contributed by atoms with E-state index in [9.17, 15) is 0 Å². The molecule has 0 aliphatic heterocycles. The van der Waals surface area contributed by atoms with Crippen molar-refractivity contribution >= 4 is 0 Å². The number of aryl methyl sites for hydroxylation is 2. The average molecular weight is 284 g/mol. The van der Waals surface area contributed by atoms with E-state index in [4.69, 9.17) is 0 Å². The maximum absolute atomic E-state index is 3.58. The van der Waals surface area contributed by atoms with Gasteiger partial charge in [0.25, 0.3) is 0 Å². The van der Waals surface area contributed by atoms with Crippen LogP contribution in [0.3, 0.4) is 0 Å². The minimum absolute atomic E-state index is 0.440. The second-order valence-electron chi connectivity index (χ2n) is 6.39. The van der Waals surface area contributed by atoms with Crippen LogP contribution >= 0.6 is 0 Å². The highest BCUT2D eigenvalue weighted by molar-refractivity contribution is 5.29. The molecule has 1 heterocycles. The number of rotatable bonds is 6. The van der Waals surface area contributed by atoms with Gasteiger partial charge in [-0.1, -0.05) is 50.1 Å². The second kappa shape index (κ2) is 6.95. The summed E-state index contributed by atoms with van der Waals surface area (Å²) >= 11 is 0. The Morgan fingerprint density at radius 2 is 1.76 bits per heavy atom. The summed E-state index contributed by atoms with van der Waals surface area (Å²) in [7, 11) is 0. The molecule has 0 amide bonds. The van der Waals surface area contributed by atoms with Crippen molar-refractivity contribution in [3.05, 3.63) is 58.9 Å². The highest BCUT2D eigenvalue weighted by atomic mass is 15.0. The average Bonchev–Trinajstić information content (AvgIpc) is 2.82. The fraction of sp³-hybridized carbons (Fsp3) is 0.474. The predicted molar refractivity (Wildman–Crippen MR) is 90.7 cm³/mol. The van der Waals surface area contributed by atoms with Gasteiger partial charge in [-0.15, -0.1) is 0 Å². The summed E-state index contributed by atoms with van der Waals surface area (Å²) < 4.78 is 2.29. The molecule has 1 N–H and O–H groups in total. The summed E-state index contributed by atoms with van der Waals surface area (Å²) in [5.74, 6) is 0.599. The lowest BCUT2D eigenvalue weighted by Crippen LogP contribution is -2.25. The number of benzene rings is 1. The molecule has 0 saturated heterocycles. The van der Waals surface area contributed by atoms with Crippen molar-refractivity contribution in [2.75, 3.05) is 6.54 Å². The highest BCUT2D eigenvalue weighted by Crippen LogP contribution is 2.22. The number of nitrogens with one attached hydrogen (secondary N) is 1. The van der Waals surface area contributed by atoms with Crippen molar-refractivity contribution in [1.29, 1.82) is 0 Å². The van der Waals surface area contributed by atoms with Crippen molar-refractivity contribution in [2.24, 2.45) is 5.92 Å². The molecule has 0 aliphatic rings. The first-order valence-electron chi connectivity index (χ1n) is 7.95. The lowest BCUT2D eigenvalue weighted by atomic mass is 9.98. The van der Waals surface area contributed by atoms with Gasteiger partial charge in [-0.3, -0.25) is 0 Å². The van der Waals surface area contributed by atoms with Crippen LogP contribution in [0.4, 0.5) is 0 Å². The molecule has 0 fully saturated rings. The summed E-state index contributed by atoms with van der Waals surface area (Å²) in [6, 6.07) is 9.46. The van der Waals surface area contributed by atoms with Crippen LogP contribution in [0.1, 0.15) is 49.1 Å². The second-order valence-corrected chi connectivity index (χ2v) is 6.39. The maximum atomic E-state index is 3.58. The fourth-order valence-electron chi connectivity index (χ4n) is 3.07. The van der Waals surface area contributed by atoms with E-state index in [1.807, 2.05) is 0 Å². The Balaban J connectivity index is 2.15. The normalized spacial score (nSPS) is 12.9. The number of hydrogen-bond acceptors (Lipinski definition) is 1.